The number of hydrogen-bond donors (Lipinski definition) is 2. The molecule has 3 rings (SSSR count). The number of fused-ring (bicyclic) bond motifs is 1. The zero-order valence-corrected chi connectivity index (χ0v) is 11.0. The third-order valence-corrected chi connectivity index (χ3v) is 4.09. The fourth-order valence-electron chi connectivity index (χ4n) is 3.07. The minimum absolute atomic E-state index is 0.677. The maximum Gasteiger partial charge on any atom is 0.0399 e. The van der Waals surface area contributed by atoms with Crippen LogP contribution in [0.1, 0.15) is 18.4 Å². The topological polar surface area (TPSA) is 27.3 Å². The van der Waals surface area contributed by atoms with Crippen molar-refractivity contribution in [3.05, 3.63) is 29.8 Å². The highest BCUT2D eigenvalue weighted by molar-refractivity contribution is 5.57. The number of hydrogen-bond acceptors (Lipinski definition) is 3. The van der Waals surface area contributed by atoms with Crippen LogP contribution in [0.2, 0.25) is 0 Å². The summed E-state index contributed by atoms with van der Waals surface area (Å²) in [5.74, 6) is 0. The van der Waals surface area contributed by atoms with E-state index < -0.39 is 0 Å². The Bertz CT molecular complexity index is 385. The summed E-state index contributed by atoms with van der Waals surface area (Å²) in [6, 6.07) is 9.49. The number of benzene rings is 1. The standard InChI is InChI=1S/C15H23N3/c1-2-6-15-13(4-1)7-10-18(15)11-9-17-14-5-3-8-16-12-14/h1-2,4,6,14,16-17H,3,5,7-12H2. The van der Waals surface area contributed by atoms with Gasteiger partial charge in [0.15, 0.2) is 0 Å². The number of piperidine rings is 1. The minimum Gasteiger partial charge on any atom is -0.370 e. The van der Waals surface area contributed by atoms with Crippen molar-refractivity contribution in [3.8, 4) is 0 Å². The molecule has 2 heterocycles. The van der Waals surface area contributed by atoms with Gasteiger partial charge in [0.05, 0.1) is 0 Å². The van der Waals surface area contributed by atoms with Gasteiger partial charge in [0.2, 0.25) is 0 Å². The van der Waals surface area contributed by atoms with E-state index in [-0.39, 0.29) is 0 Å². The Morgan fingerprint density at radius 1 is 1.33 bits per heavy atom. The molecular weight excluding hydrogens is 222 g/mol. The summed E-state index contributed by atoms with van der Waals surface area (Å²) in [6.45, 7) is 5.74. The molecule has 1 unspecified atom stereocenters. The molecule has 1 fully saturated rings. The summed E-state index contributed by atoms with van der Waals surface area (Å²) < 4.78 is 0. The number of nitrogens with zero attached hydrogens (tertiary/aromatic N) is 1. The molecule has 18 heavy (non-hydrogen) atoms. The highest BCUT2D eigenvalue weighted by Gasteiger charge is 2.18. The summed E-state index contributed by atoms with van der Waals surface area (Å²) >= 11 is 0. The van der Waals surface area contributed by atoms with Crippen molar-refractivity contribution in [2.75, 3.05) is 37.6 Å². The van der Waals surface area contributed by atoms with Crippen LogP contribution in [0.15, 0.2) is 24.3 Å². The quantitative estimate of drug-likeness (QED) is 0.839. The molecule has 1 atom stereocenters. The molecule has 0 bridgehead atoms. The molecule has 0 amide bonds. The van der Waals surface area contributed by atoms with Gasteiger partial charge in [-0.05, 0) is 37.4 Å². The number of rotatable bonds is 4. The maximum absolute atomic E-state index is 3.68. The molecule has 0 aliphatic carbocycles. The lowest BCUT2D eigenvalue weighted by Crippen LogP contribution is -2.45. The lowest BCUT2D eigenvalue weighted by Gasteiger charge is -2.26. The van der Waals surface area contributed by atoms with E-state index in [4.69, 9.17) is 0 Å². The van der Waals surface area contributed by atoms with Crippen LogP contribution in [0.3, 0.4) is 0 Å². The van der Waals surface area contributed by atoms with Crippen LogP contribution >= 0.6 is 0 Å². The normalized spacial score (nSPS) is 23.1. The van der Waals surface area contributed by atoms with E-state index in [1.807, 2.05) is 0 Å². The second kappa shape index (κ2) is 5.72. The van der Waals surface area contributed by atoms with E-state index in [1.165, 1.54) is 43.6 Å². The molecule has 0 aromatic heterocycles. The molecule has 1 aromatic carbocycles. The van der Waals surface area contributed by atoms with Gasteiger partial charge in [-0.25, -0.2) is 0 Å². The second-order valence-corrected chi connectivity index (χ2v) is 5.36. The van der Waals surface area contributed by atoms with Gasteiger partial charge >= 0.3 is 0 Å². The molecular formula is C15H23N3. The zero-order valence-electron chi connectivity index (χ0n) is 11.0. The van der Waals surface area contributed by atoms with Crippen molar-refractivity contribution < 1.29 is 0 Å². The summed E-state index contributed by atoms with van der Waals surface area (Å²) in [6.07, 6.45) is 3.84. The van der Waals surface area contributed by atoms with Gasteiger partial charge < -0.3 is 15.5 Å². The molecule has 1 aromatic rings. The Morgan fingerprint density at radius 2 is 2.28 bits per heavy atom. The van der Waals surface area contributed by atoms with Crippen LogP contribution in [0.4, 0.5) is 5.69 Å². The van der Waals surface area contributed by atoms with Gasteiger partial charge in [0.25, 0.3) is 0 Å². The van der Waals surface area contributed by atoms with E-state index in [1.54, 1.807) is 0 Å². The van der Waals surface area contributed by atoms with Crippen LogP contribution in [0, 0.1) is 0 Å². The SMILES string of the molecule is c1ccc2c(c1)CCN2CCNC1CCCNC1. The summed E-state index contributed by atoms with van der Waals surface area (Å²) in [7, 11) is 0. The van der Waals surface area contributed by atoms with Gasteiger partial charge in [0, 0.05) is 37.9 Å². The Balaban J connectivity index is 1.47. The van der Waals surface area contributed by atoms with E-state index in [2.05, 4.69) is 39.8 Å². The van der Waals surface area contributed by atoms with Crippen LogP contribution in [-0.2, 0) is 6.42 Å². The average Bonchev–Trinajstić information content (AvgIpc) is 2.84. The first-order chi connectivity index (χ1) is 8.93. The first-order valence-corrected chi connectivity index (χ1v) is 7.20. The lowest BCUT2D eigenvalue weighted by molar-refractivity contribution is 0.392. The Kier molecular flexibility index (Phi) is 3.81. The second-order valence-electron chi connectivity index (χ2n) is 5.36. The molecule has 1 saturated heterocycles. The maximum atomic E-state index is 3.68. The zero-order chi connectivity index (χ0) is 12.2. The largest absolute Gasteiger partial charge is 0.370 e. The molecule has 0 radical (unpaired) electrons. The molecule has 2 aliphatic rings. The minimum atomic E-state index is 0.677. The smallest absolute Gasteiger partial charge is 0.0399 e. The van der Waals surface area contributed by atoms with E-state index in [0.29, 0.717) is 6.04 Å². The third-order valence-electron chi connectivity index (χ3n) is 4.09. The van der Waals surface area contributed by atoms with Crippen molar-refractivity contribution in [1.29, 1.82) is 0 Å². The summed E-state index contributed by atoms with van der Waals surface area (Å²) in [5, 5.41) is 7.13. The van der Waals surface area contributed by atoms with Crippen molar-refractivity contribution >= 4 is 5.69 Å². The lowest BCUT2D eigenvalue weighted by atomic mass is 10.1. The van der Waals surface area contributed by atoms with E-state index in [9.17, 15) is 0 Å². The van der Waals surface area contributed by atoms with Crippen LogP contribution < -0.4 is 15.5 Å². The Morgan fingerprint density at radius 3 is 3.17 bits per heavy atom. The average molecular weight is 245 g/mol. The van der Waals surface area contributed by atoms with E-state index in [0.717, 1.165) is 19.6 Å². The highest BCUT2D eigenvalue weighted by Crippen LogP contribution is 2.26. The first kappa shape index (κ1) is 12.0. The monoisotopic (exact) mass is 245 g/mol. The Labute approximate surface area is 110 Å². The Hall–Kier alpha value is -1.06. The summed E-state index contributed by atoms with van der Waals surface area (Å²) in [4.78, 5) is 2.51. The van der Waals surface area contributed by atoms with Crippen molar-refractivity contribution in [2.24, 2.45) is 0 Å². The fourth-order valence-corrected chi connectivity index (χ4v) is 3.07. The van der Waals surface area contributed by atoms with Crippen LogP contribution in [0.5, 0.6) is 0 Å². The van der Waals surface area contributed by atoms with Gasteiger partial charge in [-0.2, -0.15) is 0 Å². The fraction of sp³-hybridized carbons (Fsp3) is 0.600. The van der Waals surface area contributed by atoms with E-state index >= 15 is 0 Å². The van der Waals surface area contributed by atoms with Crippen molar-refractivity contribution in [3.63, 3.8) is 0 Å². The number of para-hydroxylation sites is 1. The molecule has 2 N–H and O–H groups in total. The molecule has 0 saturated carbocycles. The molecule has 0 spiro atoms. The van der Waals surface area contributed by atoms with Crippen molar-refractivity contribution in [2.45, 2.75) is 25.3 Å². The van der Waals surface area contributed by atoms with Gasteiger partial charge in [-0.1, -0.05) is 18.2 Å². The van der Waals surface area contributed by atoms with Gasteiger partial charge in [-0.15, -0.1) is 0 Å². The molecule has 2 aliphatic heterocycles. The van der Waals surface area contributed by atoms with Crippen molar-refractivity contribution in [1.82, 2.24) is 10.6 Å². The van der Waals surface area contributed by atoms with Crippen LogP contribution in [-0.4, -0.2) is 38.8 Å². The van der Waals surface area contributed by atoms with Crippen LogP contribution in [0.25, 0.3) is 0 Å². The molecule has 98 valence electrons. The molecule has 3 nitrogen and oxygen atoms in total. The summed E-state index contributed by atoms with van der Waals surface area (Å²) in [5.41, 5.74) is 2.96. The third kappa shape index (κ3) is 2.68. The first-order valence-electron chi connectivity index (χ1n) is 7.20. The number of nitrogens with one attached hydrogen (secondary N) is 2. The number of anilines is 1. The highest BCUT2D eigenvalue weighted by atomic mass is 15.2. The van der Waals surface area contributed by atoms with Gasteiger partial charge in [0.1, 0.15) is 0 Å². The predicted molar refractivity (Wildman–Crippen MR) is 76.3 cm³/mol. The van der Waals surface area contributed by atoms with Gasteiger partial charge in [-0.3, -0.25) is 0 Å². The molecule has 3 heteroatoms. The predicted octanol–water partition coefficient (Wildman–Crippen LogP) is 1.39.